The number of ether oxygens (including phenoxy) is 1. The number of amides is 1. The van der Waals surface area contributed by atoms with Crippen molar-refractivity contribution in [1.82, 2.24) is 9.88 Å². The highest BCUT2D eigenvalue weighted by Crippen LogP contribution is 2.19. The molecule has 1 aromatic heterocycles. The first-order valence-electron chi connectivity index (χ1n) is 7.22. The van der Waals surface area contributed by atoms with Crippen LogP contribution in [0, 0.1) is 0 Å². The van der Waals surface area contributed by atoms with Crippen LogP contribution in [0.3, 0.4) is 0 Å². The molecule has 1 aliphatic rings. The fourth-order valence-corrected chi connectivity index (χ4v) is 2.71. The third kappa shape index (κ3) is 2.63. The summed E-state index contributed by atoms with van der Waals surface area (Å²) in [6.07, 6.45) is 2.92. The predicted molar refractivity (Wildman–Crippen MR) is 79.0 cm³/mol. The Labute approximate surface area is 122 Å². The molecule has 1 aliphatic heterocycles. The van der Waals surface area contributed by atoms with E-state index in [1.54, 1.807) is 18.0 Å². The van der Waals surface area contributed by atoms with Crippen LogP contribution in [0.1, 0.15) is 30.1 Å². The van der Waals surface area contributed by atoms with Crippen LogP contribution in [0.15, 0.2) is 30.5 Å². The van der Waals surface area contributed by atoms with E-state index in [9.17, 15) is 9.59 Å². The monoisotopic (exact) mass is 286 g/mol. The van der Waals surface area contributed by atoms with Crippen molar-refractivity contribution in [2.24, 2.45) is 0 Å². The quantitative estimate of drug-likeness (QED) is 0.881. The zero-order valence-corrected chi connectivity index (χ0v) is 12.0. The summed E-state index contributed by atoms with van der Waals surface area (Å²) < 4.78 is 5.33. The van der Waals surface area contributed by atoms with Gasteiger partial charge in [0.2, 0.25) is 0 Å². The Kier molecular flexibility index (Phi) is 3.64. The number of likely N-dealkylation sites (tertiary alicyclic amines) is 1. The molecule has 0 unspecified atom stereocenters. The summed E-state index contributed by atoms with van der Waals surface area (Å²) in [7, 11) is 0. The van der Waals surface area contributed by atoms with Crippen LogP contribution in [0.25, 0.3) is 10.9 Å². The maximum Gasteiger partial charge on any atom is 0.341 e. The van der Waals surface area contributed by atoms with Crippen molar-refractivity contribution >= 4 is 22.8 Å². The Balaban J connectivity index is 1.72. The smallest absolute Gasteiger partial charge is 0.341 e. The highest BCUT2D eigenvalue weighted by Gasteiger charge is 2.26. The third-order valence-electron chi connectivity index (χ3n) is 3.86. The Morgan fingerprint density at radius 2 is 1.95 bits per heavy atom. The highest BCUT2D eigenvalue weighted by molar-refractivity contribution is 6.04. The Hall–Kier alpha value is -2.30. The van der Waals surface area contributed by atoms with Crippen LogP contribution in [0.2, 0.25) is 0 Å². The Bertz CT molecular complexity index is 671. The molecule has 5 nitrogen and oxygen atoms in total. The maximum atomic E-state index is 12.2. The number of nitrogens with one attached hydrogen (secondary N) is 1. The molecular weight excluding hydrogens is 268 g/mol. The zero-order valence-electron chi connectivity index (χ0n) is 12.0. The van der Waals surface area contributed by atoms with Gasteiger partial charge in [-0.25, -0.2) is 4.79 Å². The minimum atomic E-state index is -0.746. The Morgan fingerprint density at radius 3 is 2.71 bits per heavy atom. The van der Waals surface area contributed by atoms with E-state index in [1.165, 1.54) is 0 Å². The molecule has 5 heteroatoms. The molecule has 1 N–H and O–H groups in total. The van der Waals surface area contributed by atoms with Gasteiger partial charge in [0.25, 0.3) is 5.91 Å². The second-order valence-electron chi connectivity index (χ2n) is 5.33. The molecule has 0 bridgehead atoms. The van der Waals surface area contributed by atoms with E-state index in [0.29, 0.717) is 5.56 Å². The van der Waals surface area contributed by atoms with E-state index >= 15 is 0 Å². The average Bonchev–Trinajstić information content (AvgIpc) is 3.15. The van der Waals surface area contributed by atoms with Crippen molar-refractivity contribution in [3.05, 3.63) is 36.0 Å². The van der Waals surface area contributed by atoms with Crippen molar-refractivity contribution in [2.75, 3.05) is 13.1 Å². The third-order valence-corrected chi connectivity index (χ3v) is 3.86. The van der Waals surface area contributed by atoms with Gasteiger partial charge in [0.05, 0.1) is 5.56 Å². The molecule has 110 valence electrons. The largest absolute Gasteiger partial charge is 0.449 e. The molecule has 3 rings (SSSR count). The summed E-state index contributed by atoms with van der Waals surface area (Å²) >= 11 is 0. The van der Waals surface area contributed by atoms with Crippen LogP contribution in [-0.4, -0.2) is 41.0 Å². The van der Waals surface area contributed by atoms with E-state index in [4.69, 9.17) is 4.74 Å². The van der Waals surface area contributed by atoms with Gasteiger partial charge in [0.15, 0.2) is 6.10 Å². The minimum absolute atomic E-state index is 0.110. The number of aromatic amines is 1. The van der Waals surface area contributed by atoms with E-state index in [-0.39, 0.29) is 5.91 Å². The van der Waals surface area contributed by atoms with E-state index in [2.05, 4.69) is 4.98 Å². The molecule has 1 atom stereocenters. The second kappa shape index (κ2) is 5.60. The van der Waals surface area contributed by atoms with Crippen molar-refractivity contribution in [1.29, 1.82) is 0 Å². The molecule has 1 fully saturated rings. The zero-order chi connectivity index (χ0) is 14.8. The first kappa shape index (κ1) is 13.7. The van der Waals surface area contributed by atoms with Crippen molar-refractivity contribution in [3.63, 3.8) is 0 Å². The lowest BCUT2D eigenvalue weighted by Gasteiger charge is -2.20. The van der Waals surface area contributed by atoms with Gasteiger partial charge in [-0.05, 0) is 25.8 Å². The van der Waals surface area contributed by atoms with Gasteiger partial charge in [-0.2, -0.15) is 0 Å². The van der Waals surface area contributed by atoms with Gasteiger partial charge in [0, 0.05) is 30.2 Å². The normalized spacial score (nSPS) is 16.1. The van der Waals surface area contributed by atoms with E-state index in [0.717, 1.165) is 36.8 Å². The number of carbonyl (C=O) groups excluding carboxylic acids is 2. The van der Waals surface area contributed by atoms with Gasteiger partial charge >= 0.3 is 5.97 Å². The molecule has 1 amide bonds. The topological polar surface area (TPSA) is 62.4 Å². The molecule has 1 saturated heterocycles. The summed E-state index contributed by atoms with van der Waals surface area (Å²) in [5, 5.41) is 0.809. The summed E-state index contributed by atoms with van der Waals surface area (Å²) in [4.78, 5) is 29.2. The maximum absolute atomic E-state index is 12.2. The number of para-hydroxylation sites is 1. The molecule has 2 aromatic rings. The van der Waals surface area contributed by atoms with Crippen LogP contribution in [0.5, 0.6) is 0 Å². The highest BCUT2D eigenvalue weighted by atomic mass is 16.5. The molecule has 0 aliphatic carbocycles. The van der Waals surface area contributed by atoms with Gasteiger partial charge in [-0.3, -0.25) is 4.79 Å². The van der Waals surface area contributed by atoms with Gasteiger partial charge < -0.3 is 14.6 Å². The fraction of sp³-hybridized carbons (Fsp3) is 0.375. The molecule has 0 spiro atoms. The summed E-state index contributed by atoms with van der Waals surface area (Å²) in [5.74, 6) is -0.576. The number of carbonyl (C=O) groups is 2. The number of benzene rings is 1. The molecule has 2 heterocycles. The lowest BCUT2D eigenvalue weighted by Crippen LogP contribution is -2.38. The lowest BCUT2D eigenvalue weighted by atomic mass is 10.2. The fourth-order valence-electron chi connectivity index (χ4n) is 2.71. The molecular formula is C16H18N2O3. The first-order valence-corrected chi connectivity index (χ1v) is 7.22. The van der Waals surface area contributed by atoms with Gasteiger partial charge in [-0.15, -0.1) is 0 Å². The number of hydrogen-bond acceptors (Lipinski definition) is 3. The van der Waals surface area contributed by atoms with Gasteiger partial charge in [-0.1, -0.05) is 18.2 Å². The predicted octanol–water partition coefficient (Wildman–Crippen LogP) is 2.34. The average molecular weight is 286 g/mol. The molecule has 1 aromatic carbocycles. The van der Waals surface area contributed by atoms with Crippen LogP contribution < -0.4 is 0 Å². The first-order chi connectivity index (χ1) is 10.2. The van der Waals surface area contributed by atoms with Crippen molar-refractivity contribution < 1.29 is 14.3 Å². The number of hydrogen-bond donors (Lipinski definition) is 1. The van der Waals surface area contributed by atoms with Crippen LogP contribution in [-0.2, 0) is 9.53 Å². The number of fused-ring (bicyclic) bond motifs is 1. The van der Waals surface area contributed by atoms with Crippen molar-refractivity contribution in [2.45, 2.75) is 25.9 Å². The minimum Gasteiger partial charge on any atom is -0.449 e. The van der Waals surface area contributed by atoms with Crippen LogP contribution >= 0.6 is 0 Å². The number of nitrogens with zero attached hydrogens (tertiary/aromatic N) is 1. The summed E-state index contributed by atoms with van der Waals surface area (Å²) in [6.45, 7) is 3.15. The van der Waals surface area contributed by atoms with Crippen molar-refractivity contribution in [3.8, 4) is 0 Å². The number of aromatic nitrogens is 1. The Morgan fingerprint density at radius 1 is 1.24 bits per heavy atom. The lowest BCUT2D eigenvalue weighted by molar-refractivity contribution is -0.138. The molecule has 21 heavy (non-hydrogen) atoms. The summed E-state index contributed by atoms with van der Waals surface area (Å²) in [5.41, 5.74) is 1.34. The summed E-state index contributed by atoms with van der Waals surface area (Å²) in [6, 6.07) is 7.51. The van der Waals surface area contributed by atoms with E-state index < -0.39 is 12.1 Å². The van der Waals surface area contributed by atoms with Gasteiger partial charge in [0.1, 0.15) is 0 Å². The van der Waals surface area contributed by atoms with E-state index in [1.807, 2.05) is 24.3 Å². The molecule has 0 saturated carbocycles. The molecule has 0 radical (unpaired) electrons. The van der Waals surface area contributed by atoms with Crippen LogP contribution in [0.4, 0.5) is 0 Å². The number of esters is 1. The SMILES string of the molecule is C[C@H](OC(=O)c1c[nH]c2ccccc12)C(=O)N1CCCC1. The number of H-pyrrole nitrogens is 1. The number of rotatable bonds is 3. The second-order valence-corrected chi connectivity index (χ2v) is 5.33. The standard InChI is InChI=1S/C16H18N2O3/c1-11(15(19)18-8-4-5-9-18)21-16(20)13-10-17-14-7-3-2-6-12(13)14/h2-3,6-7,10-11,17H,4-5,8-9H2,1H3/t11-/m0/s1.